The maximum absolute atomic E-state index is 12.0. The molecule has 2 aromatic rings. The summed E-state index contributed by atoms with van der Waals surface area (Å²) >= 11 is 0. The van der Waals surface area contributed by atoms with E-state index in [9.17, 15) is 9.90 Å². The Morgan fingerprint density at radius 2 is 1.95 bits per heavy atom. The number of benzene rings is 1. The molecule has 0 aliphatic carbocycles. The Balaban J connectivity index is 1.66. The maximum Gasteiger partial charge on any atom is 0.322 e. The Bertz CT molecular complexity index is 615. The lowest BCUT2D eigenvalue weighted by atomic mass is 10.2. The number of carbonyl (C=O) groups excluding carboxylic acids is 1. The lowest BCUT2D eigenvalue weighted by Gasteiger charge is -2.16. The number of aliphatic hydroxyl groups excluding tert-OH is 1. The molecular formula is C15H16N4O2. The zero-order valence-corrected chi connectivity index (χ0v) is 11.4. The molecule has 6 heteroatoms. The van der Waals surface area contributed by atoms with Gasteiger partial charge in [0.25, 0.3) is 0 Å². The Hall–Kier alpha value is -2.47. The van der Waals surface area contributed by atoms with Crippen molar-refractivity contribution in [3.63, 3.8) is 0 Å². The molecule has 1 aliphatic heterocycles. The number of β-amino-alcohol motifs (C(OH)–C–C–N with tert-alkyl or cyclic N) is 1. The summed E-state index contributed by atoms with van der Waals surface area (Å²) in [5.41, 5.74) is 1.47. The van der Waals surface area contributed by atoms with Gasteiger partial charge in [0.05, 0.1) is 24.2 Å². The first-order chi connectivity index (χ1) is 10.2. The van der Waals surface area contributed by atoms with Crippen molar-refractivity contribution < 1.29 is 9.90 Å². The van der Waals surface area contributed by atoms with E-state index in [0.29, 0.717) is 31.0 Å². The van der Waals surface area contributed by atoms with E-state index in [-0.39, 0.29) is 6.03 Å². The van der Waals surface area contributed by atoms with Crippen LogP contribution in [0.5, 0.6) is 0 Å². The van der Waals surface area contributed by atoms with Gasteiger partial charge in [0.15, 0.2) is 5.82 Å². The number of urea groups is 1. The summed E-state index contributed by atoms with van der Waals surface area (Å²) in [6.07, 6.45) is 3.36. The Kier molecular flexibility index (Phi) is 3.79. The number of carbonyl (C=O) groups is 1. The molecule has 1 aromatic carbocycles. The zero-order chi connectivity index (χ0) is 14.7. The summed E-state index contributed by atoms with van der Waals surface area (Å²) in [6, 6.07) is 9.41. The lowest BCUT2D eigenvalue weighted by Crippen LogP contribution is -2.33. The zero-order valence-electron chi connectivity index (χ0n) is 11.4. The number of anilines is 1. The largest absolute Gasteiger partial charge is 0.391 e. The number of hydrogen-bond acceptors (Lipinski definition) is 4. The van der Waals surface area contributed by atoms with Gasteiger partial charge in [0.2, 0.25) is 0 Å². The minimum absolute atomic E-state index is 0.234. The normalized spacial score (nSPS) is 17.8. The van der Waals surface area contributed by atoms with Gasteiger partial charge in [-0.25, -0.2) is 14.8 Å². The number of nitrogens with one attached hydrogen (secondary N) is 1. The summed E-state index contributed by atoms with van der Waals surface area (Å²) in [7, 11) is 0. The highest BCUT2D eigenvalue weighted by Gasteiger charge is 2.24. The Labute approximate surface area is 122 Å². The van der Waals surface area contributed by atoms with Crippen LogP contribution in [0, 0.1) is 0 Å². The molecule has 0 spiro atoms. The molecule has 3 rings (SSSR count). The molecule has 1 aliphatic rings. The molecule has 0 unspecified atom stereocenters. The third-order valence-corrected chi connectivity index (χ3v) is 3.39. The molecule has 2 N–H and O–H groups in total. The standard InChI is InChI=1S/C15H16N4O2/c20-13-6-7-19(10-13)15(21)18-12-8-16-14(17-9-12)11-4-2-1-3-5-11/h1-5,8-9,13,20H,6-7,10H2,(H,18,21)/t13-/m1/s1. The van der Waals surface area contributed by atoms with E-state index in [0.717, 1.165) is 5.56 Å². The smallest absolute Gasteiger partial charge is 0.322 e. The van der Waals surface area contributed by atoms with Crippen molar-refractivity contribution in [2.75, 3.05) is 18.4 Å². The van der Waals surface area contributed by atoms with Gasteiger partial charge in [-0.05, 0) is 6.42 Å². The second kappa shape index (κ2) is 5.88. The number of aromatic nitrogens is 2. The molecule has 1 fully saturated rings. The van der Waals surface area contributed by atoms with Gasteiger partial charge in [-0.1, -0.05) is 30.3 Å². The van der Waals surface area contributed by atoms with E-state index in [2.05, 4.69) is 15.3 Å². The summed E-state index contributed by atoms with van der Waals surface area (Å²) < 4.78 is 0. The number of likely N-dealkylation sites (tertiary alicyclic amines) is 1. The number of nitrogens with zero attached hydrogens (tertiary/aromatic N) is 3. The highest BCUT2D eigenvalue weighted by Crippen LogP contribution is 2.16. The minimum atomic E-state index is -0.424. The summed E-state index contributed by atoms with van der Waals surface area (Å²) in [5, 5.41) is 12.2. The van der Waals surface area contributed by atoms with Crippen molar-refractivity contribution in [1.29, 1.82) is 0 Å². The van der Waals surface area contributed by atoms with Gasteiger partial charge in [-0.3, -0.25) is 0 Å². The fourth-order valence-electron chi connectivity index (χ4n) is 2.26. The predicted octanol–water partition coefficient (Wildman–Crippen LogP) is 1.74. The van der Waals surface area contributed by atoms with Gasteiger partial charge in [-0.2, -0.15) is 0 Å². The first-order valence-corrected chi connectivity index (χ1v) is 6.84. The van der Waals surface area contributed by atoms with Crippen LogP contribution in [0.4, 0.5) is 10.5 Å². The highest BCUT2D eigenvalue weighted by molar-refractivity contribution is 5.89. The SMILES string of the molecule is O=C(Nc1cnc(-c2ccccc2)nc1)N1CC[C@@H](O)C1. The van der Waals surface area contributed by atoms with Crippen LogP contribution >= 0.6 is 0 Å². The molecule has 1 saturated heterocycles. The molecule has 108 valence electrons. The summed E-state index contributed by atoms with van der Waals surface area (Å²) in [5.74, 6) is 0.616. The molecule has 6 nitrogen and oxygen atoms in total. The van der Waals surface area contributed by atoms with Crippen molar-refractivity contribution in [2.24, 2.45) is 0 Å². The van der Waals surface area contributed by atoms with E-state index in [1.807, 2.05) is 30.3 Å². The van der Waals surface area contributed by atoms with Crippen molar-refractivity contribution in [3.8, 4) is 11.4 Å². The molecule has 1 atom stereocenters. The second-order valence-corrected chi connectivity index (χ2v) is 4.98. The molecule has 2 heterocycles. The van der Waals surface area contributed by atoms with Crippen molar-refractivity contribution in [3.05, 3.63) is 42.7 Å². The van der Waals surface area contributed by atoms with Crippen LogP contribution in [0.25, 0.3) is 11.4 Å². The third-order valence-electron chi connectivity index (χ3n) is 3.39. The molecule has 2 amide bonds. The van der Waals surface area contributed by atoms with E-state index >= 15 is 0 Å². The predicted molar refractivity (Wildman–Crippen MR) is 78.7 cm³/mol. The number of aliphatic hydroxyl groups is 1. The van der Waals surface area contributed by atoms with E-state index < -0.39 is 6.10 Å². The topological polar surface area (TPSA) is 78.4 Å². The van der Waals surface area contributed by atoms with Crippen molar-refractivity contribution >= 4 is 11.7 Å². The Morgan fingerprint density at radius 3 is 2.57 bits per heavy atom. The van der Waals surface area contributed by atoms with Crippen molar-refractivity contribution in [1.82, 2.24) is 14.9 Å². The van der Waals surface area contributed by atoms with Gasteiger partial charge in [-0.15, -0.1) is 0 Å². The molecule has 0 saturated carbocycles. The Morgan fingerprint density at radius 1 is 1.24 bits per heavy atom. The van der Waals surface area contributed by atoms with Gasteiger partial charge >= 0.3 is 6.03 Å². The first-order valence-electron chi connectivity index (χ1n) is 6.84. The average molecular weight is 284 g/mol. The summed E-state index contributed by atoms with van der Waals surface area (Å²) in [6.45, 7) is 0.935. The van der Waals surface area contributed by atoms with Gasteiger partial charge in [0.1, 0.15) is 0 Å². The number of rotatable bonds is 2. The summed E-state index contributed by atoms with van der Waals surface area (Å²) in [4.78, 5) is 22.0. The van der Waals surface area contributed by atoms with E-state index in [1.54, 1.807) is 17.3 Å². The van der Waals surface area contributed by atoms with Crippen LogP contribution in [0.3, 0.4) is 0 Å². The van der Waals surface area contributed by atoms with Crippen LogP contribution in [-0.2, 0) is 0 Å². The van der Waals surface area contributed by atoms with Gasteiger partial charge in [0, 0.05) is 18.7 Å². The first kappa shape index (κ1) is 13.5. The number of amides is 2. The van der Waals surface area contributed by atoms with Crippen LogP contribution < -0.4 is 5.32 Å². The molecular weight excluding hydrogens is 268 g/mol. The average Bonchev–Trinajstić information content (AvgIpc) is 2.96. The van der Waals surface area contributed by atoms with Crippen molar-refractivity contribution in [2.45, 2.75) is 12.5 Å². The van der Waals surface area contributed by atoms with E-state index in [4.69, 9.17) is 0 Å². The maximum atomic E-state index is 12.0. The molecule has 21 heavy (non-hydrogen) atoms. The second-order valence-electron chi connectivity index (χ2n) is 4.98. The fraction of sp³-hybridized carbons (Fsp3) is 0.267. The molecule has 1 aromatic heterocycles. The van der Waals surface area contributed by atoms with Crippen LogP contribution in [0.2, 0.25) is 0 Å². The lowest BCUT2D eigenvalue weighted by molar-refractivity contribution is 0.176. The fourth-order valence-corrected chi connectivity index (χ4v) is 2.26. The van der Waals surface area contributed by atoms with Crippen LogP contribution in [0.1, 0.15) is 6.42 Å². The third kappa shape index (κ3) is 3.17. The number of hydrogen-bond donors (Lipinski definition) is 2. The minimum Gasteiger partial charge on any atom is -0.391 e. The molecule has 0 radical (unpaired) electrons. The van der Waals surface area contributed by atoms with Gasteiger partial charge < -0.3 is 15.3 Å². The quantitative estimate of drug-likeness (QED) is 0.880. The van der Waals surface area contributed by atoms with Crippen LogP contribution in [0.15, 0.2) is 42.7 Å². The highest BCUT2D eigenvalue weighted by atomic mass is 16.3. The monoisotopic (exact) mass is 284 g/mol. The van der Waals surface area contributed by atoms with E-state index in [1.165, 1.54) is 0 Å². The van der Waals surface area contributed by atoms with Crippen LogP contribution in [-0.4, -0.2) is 45.2 Å². The molecule has 0 bridgehead atoms.